The van der Waals surface area contributed by atoms with Crippen molar-refractivity contribution < 1.29 is 0 Å². The third kappa shape index (κ3) is 4.05. The highest BCUT2D eigenvalue weighted by Gasteiger charge is 2.13. The molecule has 1 N–H and O–H groups in total. The van der Waals surface area contributed by atoms with Gasteiger partial charge >= 0.3 is 0 Å². The van der Waals surface area contributed by atoms with Crippen LogP contribution in [0.15, 0.2) is 36.0 Å². The van der Waals surface area contributed by atoms with Crippen LogP contribution in [-0.4, -0.2) is 25.6 Å². The van der Waals surface area contributed by atoms with E-state index in [2.05, 4.69) is 60.5 Å². The summed E-state index contributed by atoms with van der Waals surface area (Å²) in [6, 6.07) is 9.12. The first kappa shape index (κ1) is 15.0. The predicted molar refractivity (Wildman–Crippen MR) is 87.6 cm³/mol. The largest absolute Gasteiger partial charge is 0.378 e. The average Bonchev–Trinajstić information content (AvgIpc) is 2.96. The van der Waals surface area contributed by atoms with Crippen LogP contribution in [0.5, 0.6) is 0 Å². The van der Waals surface area contributed by atoms with Crippen molar-refractivity contribution in [3.63, 3.8) is 0 Å². The van der Waals surface area contributed by atoms with E-state index < -0.39 is 0 Å². The molecular weight excluding hydrogens is 266 g/mol. The molecule has 0 bridgehead atoms. The molecule has 0 spiro atoms. The van der Waals surface area contributed by atoms with Crippen LogP contribution in [0.25, 0.3) is 0 Å². The zero-order chi connectivity index (χ0) is 14.4. The first-order chi connectivity index (χ1) is 9.70. The molecule has 0 radical (unpaired) electrons. The van der Waals surface area contributed by atoms with E-state index in [9.17, 15) is 0 Å². The molecule has 1 unspecified atom stereocenters. The number of aromatic nitrogens is 1. The van der Waals surface area contributed by atoms with Crippen molar-refractivity contribution in [1.29, 1.82) is 0 Å². The van der Waals surface area contributed by atoms with Crippen molar-refractivity contribution >= 4 is 17.0 Å². The second kappa shape index (κ2) is 7.41. The van der Waals surface area contributed by atoms with E-state index in [4.69, 9.17) is 0 Å². The fraction of sp³-hybridized carbons (Fsp3) is 0.438. The van der Waals surface area contributed by atoms with Crippen LogP contribution in [0.4, 0.5) is 5.69 Å². The third-order valence-corrected chi connectivity index (χ3v) is 4.12. The molecule has 0 amide bonds. The zero-order valence-electron chi connectivity index (χ0n) is 12.5. The lowest BCUT2D eigenvalue weighted by Gasteiger charge is -2.21. The minimum absolute atomic E-state index is 0.357. The smallest absolute Gasteiger partial charge is 0.0794 e. The highest BCUT2D eigenvalue weighted by atomic mass is 32.1. The molecule has 1 aromatic heterocycles. The number of nitrogens with one attached hydrogen (secondary N) is 1. The summed E-state index contributed by atoms with van der Waals surface area (Å²) in [6.07, 6.45) is 4.12. The molecule has 3 nitrogen and oxygen atoms in total. The molecule has 0 fully saturated rings. The first-order valence-electron chi connectivity index (χ1n) is 7.08. The van der Waals surface area contributed by atoms with Crippen LogP contribution < -0.4 is 10.2 Å². The lowest BCUT2D eigenvalue weighted by atomic mass is 10.0. The lowest BCUT2D eigenvalue weighted by Crippen LogP contribution is -2.24. The maximum Gasteiger partial charge on any atom is 0.0794 e. The second-order valence-corrected chi connectivity index (χ2v) is 6.14. The van der Waals surface area contributed by atoms with E-state index in [1.54, 1.807) is 11.3 Å². The fourth-order valence-electron chi connectivity index (χ4n) is 2.19. The number of hydrogen-bond donors (Lipinski definition) is 1. The topological polar surface area (TPSA) is 28.2 Å². The predicted octanol–water partition coefficient (Wildman–Crippen LogP) is 3.49. The Morgan fingerprint density at radius 3 is 2.85 bits per heavy atom. The van der Waals surface area contributed by atoms with E-state index in [1.807, 2.05) is 11.7 Å². The average molecular weight is 289 g/mol. The summed E-state index contributed by atoms with van der Waals surface area (Å²) in [5, 5.41) is 3.65. The third-order valence-electron chi connectivity index (χ3n) is 3.32. The Morgan fingerprint density at radius 2 is 2.20 bits per heavy atom. The number of anilines is 1. The highest BCUT2D eigenvalue weighted by molar-refractivity contribution is 7.09. The monoisotopic (exact) mass is 289 g/mol. The van der Waals surface area contributed by atoms with Crippen molar-refractivity contribution in [2.75, 3.05) is 25.5 Å². The van der Waals surface area contributed by atoms with E-state index >= 15 is 0 Å². The Kier molecular flexibility index (Phi) is 5.56. The Morgan fingerprint density at radius 1 is 1.35 bits per heavy atom. The molecule has 4 heteroatoms. The van der Waals surface area contributed by atoms with Gasteiger partial charge in [0.2, 0.25) is 0 Å². The Bertz CT molecular complexity index is 508. The molecule has 0 saturated carbocycles. The number of rotatable bonds is 7. The summed E-state index contributed by atoms with van der Waals surface area (Å²) in [7, 11) is 4.16. The van der Waals surface area contributed by atoms with Gasteiger partial charge in [0.15, 0.2) is 0 Å². The van der Waals surface area contributed by atoms with Gasteiger partial charge in [-0.15, -0.1) is 11.3 Å². The molecule has 0 aliphatic rings. The summed E-state index contributed by atoms with van der Waals surface area (Å²) in [5.74, 6) is 0. The summed E-state index contributed by atoms with van der Waals surface area (Å²) in [4.78, 5) is 7.65. The molecule has 108 valence electrons. The van der Waals surface area contributed by atoms with Crippen LogP contribution >= 0.6 is 11.3 Å². The zero-order valence-corrected chi connectivity index (χ0v) is 13.3. The van der Waals surface area contributed by atoms with Gasteiger partial charge in [0, 0.05) is 43.3 Å². The summed E-state index contributed by atoms with van der Waals surface area (Å²) in [6.45, 7) is 3.24. The van der Waals surface area contributed by atoms with E-state index in [0.717, 1.165) is 19.4 Å². The molecule has 20 heavy (non-hydrogen) atoms. The van der Waals surface area contributed by atoms with Crippen molar-refractivity contribution in [1.82, 2.24) is 10.3 Å². The molecule has 1 heterocycles. The van der Waals surface area contributed by atoms with Gasteiger partial charge in [0.25, 0.3) is 0 Å². The SMILES string of the molecule is CCCNC(Cc1cncs1)c1cccc(N(C)C)c1. The number of benzene rings is 1. The Labute approximate surface area is 125 Å². The van der Waals surface area contributed by atoms with Gasteiger partial charge in [0.05, 0.1) is 5.51 Å². The first-order valence-corrected chi connectivity index (χ1v) is 7.96. The van der Waals surface area contributed by atoms with Crippen LogP contribution in [-0.2, 0) is 6.42 Å². The van der Waals surface area contributed by atoms with Gasteiger partial charge in [-0.2, -0.15) is 0 Å². The number of thiazole rings is 1. The van der Waals surface area contributed by atoms with Crippen molar-refractivity contribution in [2.24, 2.45) is 0 Å². The van der Waals surface area contributed by atoms with Gasteiger partial charge in [-0.25, -0.2) is 0 Å². The summed E-state index contributed by atoms with van der Waals surface area (Å²) < 4.78 is 0. The minimum Gasteiger partial charge on any atom is -0.378 e. The van der Waals surface area contributed by atoms with Crippen molar-refractivity contribution in [3.8, 4) is 0 Å². The molecule has 0 aliphatic carbocycles. The fourth-order valence-corrected chi connectivity index (χ4v) is 2.83. The molecular formula is C16H23N3S. The van der Waals surface area contributed by atoms with Crippen LogP contribution in [0.2, 0.25) is 0 Å². The Balaban J connectivity index is 2.18. The van der Waals surface area contributed by atoms with Gasteiger partial charge in [-0.05, 0) is 30.7 Å². The molecule has 1 aromatic carbocycles. The van der Waals surface area contributed by atoms with Crippen molar-refractivity contribution in [3.05, 3.63) is 46.4 Å². The molecule has 2 rings (SSSR count). The molecule has 0 aliphatic heterocycles. The van der Waals surface area contributed by atoms with Gasteiger partial charge in [-0.1, -0.05) is 19.1 Å². The minimum atomic E-state index is 0.357. The summed E-state index contributed by atoms with van der Waals surface area (Å²) >= 11 is 1.73. The van der Waals surface area contributed by atoms with Crippen molar-refractivity contribution in [2.45, 2.75) is 25.8 Å². The molecule has 2 aromatic rings. The maximum atomic E-state index is 4.18. The van der Waals surface area contributed by atoms with E-state index in [0.29, 0.717) is 6.04 Å². The van der Waals surface area contributed by atoms with E-state index in [1.165, 1.54) is 16.1 Å². The van der Waals surface area contributed by atoms with Gasteiger partial charge in [0.1, 0.15) is 0 Å². The summed E-state index contributed by atoms with van der Waals surface area (Å²) in [5.41, 5.74) is 4.50. The van der Waals surface area contributed by atoms with Gasteiger partial charge < -0.3 is 10.2 Å². The number of nitrogens with zero attached hydrogens (tertiary/aromatic N) is 2. The molecule has 1 atom stereocenters. The Hall–Kier alpha value is -1.39. The van der Waals surface area contributed by atoms with Gasteiger partial charge in [-0.3, -0.25) is 4.98 Å². The molecule has 0 saturated heterocycles. The van der Waals surface area contributed by atoms with Crippen LogP contribution in [0.1, 0.15) is 29.8 Å². The second-order valence-electron chi connectivity index (χ2n) is 5.17. The normalized spacial score (nSPS) is 12.3. The maximum absolute atomic E-state index is 4.18. The number of hydrogen-bond acceptors (Lipinski definition) is 4. The highest BCUT2D eigenvalue weighted by Crippen LogP contribution is 2.24. The quantitative estimate of drug-likeness (QED) is 0.845. The standard InChI is InChI=1S/C16H23N3S/c1-4-8-18-16(10-15-11-17-12-20-15)13-6-5-7-14(9-13)19(2)3/h5-7,9,11-12,16,18H,4,8,10H2,1-3H3. The lowest BCUT2D eigenvalue weighted by molar-refractivity contribution is 0.532. The van der Waals surface area contributed by atoms with Crippen LogP contribution in [0.3, 0.4) is 0 Å². The van der Waals surface area contributed by atoms with E-state index in [-0.39, 0.29) is 0 Å². The van der Waals surface area contributed by atoms with Crippen LogP contribution in [0, 0.1) is 0 Å².